The summed E-state index contributed by atoms with van der Waals surface area (Å²) >= 11 is 7.95. The Kier molecular flexibility index (Phi) is 6.15. The number of hydrogen-bond acceptors (Lipinski definition) is 4. The number of hydrogen-bond donors (Lipinski definition) is 2. The fourth-order valence-corrected chi connectivity index (χ4v) is 5.46. The highest BCUT2D eigenvalue weighted by atomic mass is 35.5. The van der Waals surface area contributed by atoms with E-state index in [1.807, 2.05) is 54.0 Å². The van der Waals surface area contributed by atoms with Crippen LogP contribution < -0.4 is 10.2 Å². The van der Waals surface area contributed by atoms with Gasteiger partial charge in [-0.3, -0.25) is 14.5 Å². The molecule has 0 saturated carbocycles. The van der Waals surface area contributed by atoms with Crippen molar-refractivity contribution >= 4 is 50.8 Å². The smallest absolute Gasteiger partial charge is 0.228 e. The van der Waals surface area contributed by atoms with Gasteiger partial charge in [-0.2, -0.15) is 0 Å². The molecular weight excluding hydrogens is 456 g/mol. The molecule has 2 N–H and O–H groups in total. The number of carbonyl (C=O) groups is 2. The van der Waals surface area contributed by atoms with E-state index in [1.165, 1.54) is 11.3 Å². The van der Waals surface area contributed by atoms with Crippen LogP contribution in [0.25, 0.3) is 10.9 Å². The van der Waals surface area contributed by atoms with E-state index in [0.29, 0.717) is 35.4 Å². The van der Waals surface area contributed by atoms with Gasteiger partial charge in [0.15, 0.2) is 5.13 Å². The molecule has 8 heteroatoms. The van der Waals surface area contributed by atoms with Crippen LogP contribution in [-0.2, 0) is 16.0 Å². The average molecular weight is 479 g/mol. The zero-order chi connectivity index (χ0) is 22.8. The molecule has 3 heterocycles. The molecule has 1 saturated heterocycles. The Balaban J connectivity index is 1.33. The van der Waals surface area contributed by atoms with Crippen molar-refractivity contribution in [2.45, 2.75) is 25.2 Å². The Morgan fingerprint density at radius 3 is 2.82 bits per heavy atom. The summed E-state index contributed by atoms with van der Waals surface area (Å²) in [6.45, 7) is 1.11. The second-order valence-corrected chi connectivity index (χ2v) is 9.36. The number of aromatic amines is 1. The van der Waals surface area contributed by atoms with Crippen molar-refractivity contribution in [1.82, 2.24) is 15.3 Å². The maximum Gasteiger partial charge on any atom is 0.228 e. The Morgan fingerprint density at radius 2 is 2.00 bits per heavy atom. The van der Waals surface area contributed by atoms with Crippen LogP contribution in [0.1, 0.15) is 35.6 Å². The Bertz CT molecular complexity index is 1310. The first-order chi connectivity index (χ1) is 16.1. The maximum atomic E-state index is 12.8. The van der Waals surface area contributed by atoms with Gasteiger partial charge < -0.3 is 10.3 Å². The predicted molar refractivity (Wildman–Crippen MR) is 132 cm³/mol. The van der Waals surface area contributed by atoms with E-state index in [4.69, 9.17) is 11.6 Å². The predicted octanol–water partition coefficient (Wildman–Crippen LogP) is 4.90. The van der Waals surface area contributed by atoms with Gasteiger partial charge in [-0.1, -0.05) is 48.0 Å². The van der Waals surface area contributed by atoms with Crippen molar-refractivity contribution in [3.63, 3.8) is 0 Å². The Hall–Kier alpha value is -3.16. The number of para-hydroxylation sites is 1. The summed E-state index contributed by atoms with van der Waals surface area (Å²) in [5, 5.41) is 7.37. The number of rotatable bonds is 7. The zero-order valence-electron chi connectivity index (χ0n) is 17.9. The van der Waals surface area contributed by atoms with E-state index in [9.17, 15) is 9.59 Å². The van der Waals surface area contributed by atoms with Crippen molar-refractivity contribution in [2.75, 3.05) is 18.0 Å². The zero-order valence-corrected chi connectivity index (χ0v) is 19.5. The molecule has 0 unspecified atom stereocenters. The Labute approximate surface area is 200 Å². The van der Waals surface area contributed by atoms with Gasteiger partial charge in [0.2, 0.25) is 11.8 Å². The van der Waals surface area contributed by atoms with Crippen LogP contribution in [0.3, 0.4) is 0 Å². The quantitative estimate of drug-likeness (QED) is 0.396. The number of nitrogens with one attached hydrogen (secondary N) is 2. The first kappa shape index (κ1) is 21.7. The van der Waals surface area contributed by atoms with Crippen LogP contribution >= 0.6 is 22.9 Å². The van der Waals surface area contributed by atoms with Crippen molar-refractivity contribution in [2.24, 2.45) is 0 Å². The van der Waals surface area contributed by atoms with Crippen LogP contribution in [-0.4, -0.2) is 34.9 Å². The number of aromatic nitrogens is 2. The van der Waals surface area contributed by atoms with Crippen LogP contribution in [0.4, 0.5) is 5.13 Å². The molecule has 4 aromatic rings. The highest BCUT2D eigenvalue weighted by Gasteiger charge is 2.25. The topological polar surface area (TPSA) is 78.1 Å². The fraction of sp³-hybridized carbons (Fsp3) is 0.240. The van der Waals surface area contributed by atoms with Gasteiger partial charge in [0.1, 0.15) is 0 Å². The Morgan fingerprint density at radius 1 is 1.18 bits per heavy atom. The van der Waals surface area contributed by atoms with Gasteiger partial charge in [-0.25, -0.2) is 4.98 Å². The summed E-state index contributed by atoms with van der Waals surface area (Å²) in [5.74, 6) is -0.120. The van der Waals surface area contributed by atoms with Crippen molar-refractivity contribution in [3.8, 4) is 0 Å². The second kappa shape index (κ2) is 9.37. The normalized spacial score (nSPS) is 14.7. The van der Waals surface area contributed by atoms with Gasteiger partial charge in [-0.15, -0.1) is 11.3 Å². The number of benzene rings is 2. The summed E-state index contributed by atoms with van der Waals surface area (Å²) in [7, 11) is 0. The first-order valence-corrected chi connectivity index (χ1v) is 12.2. The highest BCUT2D eigenvalue weighted by molar-refractivity contribution is 7.14. The minimum atomic E-state index is -0.114. The molecule has 1 aliphatic heterocycles. The van der Waals surface area contributed by atoms with Gasteiger partial charge in [0.05, 0.1) is 12.1 Å². The monoisotopic (exact) mass is 478 g/mol. The lowest BCUT2D eigenvalue weighted by Gasteiger charge is -2.19. The van der Waals surface area contributed by atoms with Gasteiger partial charge in [0, 0.05) is 52.9 Å². The van der Waals surface area contributed by atoms with Gasteiger partial charge in [0.25, 0.3) is 0 Å². The lowest BCUT2D eigenvalue weighted by atomic mass is 9.90. The standard InChI is InChI=1S/C25H23ClN4O2S/c26-21-8-3-1-6-17(21)19(20-13-27-22-9-4-2-7-18(20)22)14-28-23(31)12-16-15-33-25(29-16)30-11-5-10-24(30)32/h1-4,6-9,13,15,19,27H,5,10-12,14H2,(H,28,31)/t19-/m1/s1. The second-order valence-electron chi connectivity index (χ2n) is 8.11. The third-order valence-electron chi connectivity index (χ3n) is 5.97. The summed E-state index contributed by atoms with van der Waals surface area (Å²) in [5.41, 5.74) is 3.77. The maximum absolute atomic E-state index is 12.8. The van der Waals surface area contributed by atoms with Crippen LogP contribution in [0, 0.1) is 0 Å². The number of halogens is 1. The van der Waals surface area contributed by atoms with Crippen LogP contribution in [0.2, 0.25) is 5.02 Å². The number of H-pyrrole nitrogens is 1. The SMILES string of the molecule is O=C(Cc1csc(N2CCCC2=O)n1)NC[C@H](c1ccccc1Cl)c1c[nH]c2ccccc12. The number of amides is 2. The number of carbonyl (C=O) groups excluding carboxylic acids is 2. The third-order valence-corrected chi connectivity index (χ3v) is 7.22. The molecule has 0 aliphatic carbocycles. The van der Waals surface area contributed by atoms with E-state index < -0.39 is 0 Å². The molecule has 0 bridgehead atoms. The molecule has 2 aromatic carbocycles. The third kappa shape index (κ3) is 4.51. The van der Waals surface area contributed by atoms with Crippen molar-refractivity contribution in [3.05, 3.63) is 82.0 Å². The van der Waals surface area contributed by atoms with E-state index in [-0.39, 0.29) is 24.2 Å². The molecule has 1 aliphatic rings. The summed E-state index contributed by atoms with van der Waals surface area (Å²) in [4.78, 5) is 34.3. The largest absolute Gasteiger partial charge is 0.361 e. The molecule has 33 heavy (non-hydrogen) atoms. The molecule has 5 rings (SSSR count). The minimum Gasteiger partial charge on any atom is -0.361 e. The molecule has 1 fully saturated rings. The fourth-order valence-electron chi connectivity index (χ4n) is 4.32. The summed E-state index contributed by atoms with van der Waals surface area (Å²) in [6, 6.07) is 15.8. The minimum absolute atomic E-state index is 0.0988. The summed E-state index contributed by atoms with van der Waals surface area (Å²) < 4.78 is 0. The van der Waals surface area contributed by atoms with E-state index >= 15 is 0 Å². The molecule has 1 atom stereocenters. The average Bonchev–Trinajstić information content (AvgIpc) is 3.55. The molecule has 2 aromatic heterocycles. The van der Waals surface area contributed by atoms with E-state index in [2.05, 4.69) is 21.4 Å². The molecule has 0 radical (unpaired) electrons. The van der Waals surface area contributed by atoms with Crippen molar-refractivity contribution < 1.29 is 9.59 Å². The molecule has 6 nitrogen and oxygen atoms in total. The molecule has 168 valence electrons. The molecular formula is C25H23ClN4O2S. The number of fused-ring (bicyclic) bond motifs is 1. The van der Waals surface area contributed by atoms with Crippen LogP contribution in [0.5, 0.6) is 0 Å². The number of thiazole rings is 1. The van der Waals surface area contributed by atoms with Gasteiger partial charge >= 0.3 is 0 Å². The molecule has 0 spiro atoms. The number of nitrogens with zero attached hydrogens (tertiary/aromatic N) is 2. The summed E-state index contributed by atoms with van der Waals surface area (Å²) in [6.07, 6.45) is 3.57. The van der Waals surface area contributed by atoms with Crippen molar-refractivity contribution in [1.29, 1.82) is 0 Å². The molecule has 2 amide bonds. The first-order valence-electron chi connectivity index (χ1n) is 10.9. The number of anilines is 1. The lowest BCUT2D eigenvalue weighted by molar-refractivity contribution is -0.120. The van der Waals surface area contributed by atoms with E-state index in [0.717, 1.165) is 28.5 Å². The lowest BCUT2D eigenvalue weighted by Crippen LogP contribution is -2.30. The van der Waals surface area contributed by atoms with Gasteiger partial charge in [-0.05, 0) is 29.7 Å². The van der Waals surface area contributed by atoms with Crippen LogP contribution in [0.15, 0.2) is 60.1 Å². The highest BCUT2D eigenvalue weighted by Crippen LogP contribution is 2.34. The van der Waals surface area contributed by atoms with E-state index in [1.54, 1.807) is 4.90 Å².